The SMILES string of the molecule is N#C/C(=C\c1cn(Cc2ccc(Br)cc2)c2ccccc12)C(=O)c1ccccc1. The van der Waals surface area contributed by atoms with Crippen LogP contribution >= 0.6 is 15.9 Å². The lowest BCUT2D eigenvalue weighted by atomic mass is 10.0. The Morgan fingerprint density at radius 3 is 2.38 bits per heavy atom. The van der Waals surface area contributed by atoms with E-state index in [4.69, 9.17) is 0 Å². The third-order valence-electron chi connectivity index (χ3n) is 4.79. The monoisotopic (exact) mass is 440 g/mol. The van der Waals surface area contributed by atoms with E-state index in [0.29, 0.717) is 12.1 Å². The summed E-state index contributed by atoms with van der Waals surface area (Å²) in [5.74, 6) is -0.266. The number of benzene rings is 3. The van der Waals surface area contributed by atoms with Gasteiger partial charge in [-0.1, -0.05) is 76.6 Å². The number of allylic oxidation sites excluding steroid dienone is 1. The minimum Gasteiger partial charge on any atom is -0.342 e. The smallest absolute Gasteiger partial charge is 0.203 e. The summed E-state index contributed by atoms with van der Waals surface area (Å²) in [6.07, 6.45) is 3.69. The van der Waals surface area contributed by atoms with Gasteiger partial charge in [0.15, 0.2) is 0 Å². The van der Waals surface area contributed by atoms with Crippen molar-refractivity contribution in [3.05, 3.63) is 112 Å². The maximum atomic E-state index is 12.7. The number of rotatable bonds is 5. The van der Waals surface area contributed by atoms with Crippen molar-refractivity contribution in [2.24, 2.45) is 0 Å². The van der Waals surface area contributed by atoms with Crippen LogP contribution in [0.3, 0.4) is 0 Å². The summed E-state index contributed by atoms with van der Waals surface area (Å²) >= 11 is 3.47. The van der Waals surface area contributed by atoms with Gasteiger partial charge in [-0.05, 0) is 29.8 Å². The Morgan fingerprint density at radius 2 is 1.66 bits per heavy atom. The second-order valence-corrected chi connectivity index (χ2v) is 7.64. The Morgan fingerprint density at radius 1 is 0.966 bits per heavy atom. The number of ketones is 1. The predicted octanol–water partition coefficient (Wildman–Crippen LogP) is 6.24. The number of para-hydroxylation sites is 1. The fourth-order valence-electron chi connectivity index (χ4n) is 3.36. The summed E-state index contributed by atoms with van der Waals surface area (Å²) in [5.41, 5.74) is 3.73. The summed E-state index contributed by atoms with van der Waals surface area (Å²) in [7, 11) is 0. The number of aromatic nitrogens is 1. The van der Waals surface area contributed by atoms with Crippen molar-refractivity contribution < 1.29 is 4.79 Å². The van der Waals surface area contributed by atoms with Crippen molar-refractivity contribution in [1.82, 2.24) is 4.57 Å². The number of hydrogen-bond donors (Lipinski definition) is 0. The lowest BCUT2D eigenvalue weighted by Gasteiger charge is -2.05. The second-order valence-electron chi connectivity index (χ2n) is 6.72. The first-order valence-electron chi connectivity index (χ1n) is 9.19. The van der Waals surface area contributed by atoms with E-state index in [0.717, 1.165) is 20.9 Å². The summed E-state index contributed by atoms with van der Waals surface area (Å²) in [6, 6.07) is 27.2. The quantitative estimate of drug-likeness (QED) is 0.209. The Labute approximate surface area is 177 Å². The molecule has 0 saturated carbocycles. The molecule has 0 radical (unpaired) electrons. The van der Waals surface area contributed by atoms with E-state index in [1.807, 2.05) is 42.6 Å². The highest BCUT2D eigenvalue weighted by Crippen LogP contribution is 2.25. The number of carbonyl (C=O) groups excluding carboxylic acids is 1. The van der Waals surface area contributed by atoms with Crippen LogP contribution in [0.2, 0.25) is 0 Å². The van der Waals surface area contributed by atoms with Gasteiger partial charge in [0.25, 0.3) is 0 Å². The topological polar surface area (TPSA) is 45.8 Å². The molecule has 0 atom stereocenters. The number of nitriles is 1. The maximum absolute atomic E-state index is 12.7. The number of carbonyl (C=O) groups is 1. The van der Waals surface area contributed by atoms with E-state index in [2.05, 4.69) is 44.8 Å². The van der Waals surface area contributed by atoms with E-state index in [1.165, 1.54) is 5.56 Å². The van der Waals surface area contributed by atoms with Crippen molar-refractivity contribution in [3.8, 4) is 6.07 Å². The van der Waals surface area contributed by atoms with Crippen LogP contribution in [0.5, 0.6) is 0 Å². The number of fused-ring (bicyclic) bond motifs is 1. The summed E-state index contributed by atoms with van der Waals surface area (Å²) in [5, 5.41) is 10.6. The predicted molar refractivity (Wildman–Crippen MR) is 120 cm³/mol. The Bertz CT molecular complexity index is 1250. The van der Waals surface area contributed by atoms with Gasteiger partial charge in [0.2, 0.25) is 5.78 Å². The highest BCUT2D eigenvalue weighted by molar-refractivity contribution is 9.10. The van der Waals surface area contributed by atoms with E-state index < -0.39 is 0 Å². The molecule has 3 aromatic carbocycles. The molecule has 1 aromatic heterocycles. The van der Waals surface area contributed by atoms with Crippen LogP contribution in [0.4, 0.5) is 0 Å². The van der Waals surface area contributed by atoms with Gasteiger partial charge in [0.1, 0.15) is 11.6 Å². The Hall–Kier alpha value is -3.42. The van der Waals surface area contributed by atoms with Gasteiger partial charge >= 0.3 is 0 Å². The molecule has 0 aliphatic rings. The summed E-state index contributed by atoms with van der Waals surface area (Å²) in [6.45, 7) is 0.705. The van der Waals surface area contributed by atoms with Gasteiger partial charge in [-0.25, -0.2) is 0 Å². The first-order chi connectivity index (χ1) is 14.2. The van der Waals surface area contributed by atoms with E-state index >= 15 is 0 Å². The maximum Gasteiger partial charge on any atom is 0.203 e. The summed E-state index contributed by atoms with van der Waals surface area (Å²) < 4.78 is 3.19. The third kappa shape index (κ3) is 4.06. The first kappa shape index (κ1) is 18.9. The zero-order valence-corrected chi connectivity index (χ0v) is 17.1. The molecule has 0 fully saturated rings. The minimum atomic E-state index is -0.266. The molecule has 4 heteroatoms. The van der Waals surface area contributed by atoms with E-state index in [1.54, 1.807) is 30.3 Å². The molecular formula is C25H17BrN2O. The molecule has 0 unspecified atom stereocenters. The molecule has 0 spiro atoms. The van der Waals surface area contributed by atoms with Crippen molar-refractivity contribution in [1.29, 1.82) is 5.26 Å². The highest BCUT2D eigenvalue weighted by atomic mass is 79.9. The second kappa shape index (κ2) is 8.30. The van der Waals surface area contributed by atoms with Crippen LogP contribution in [0, 0.1) is 11.3 Å². The van der Waals surface area contributed by atoms with E-state index in [-0.39, 0.29) is 11.4 Å². The van der Waals surface area contributed by atoms with Crippen molar-refractivity contribution in [2.75, 3.05) is 0 Å². The van der Waals surface area contributed by atoms with Crippen LogP contribution in [0.15, 0.2) is 95.1 Å². The molecule has 0 aliphatic carbocycles. The summed E-state index contributed by atoms with van der Waals surface area (Å²) in [4.78, 5) is 12.7. The van der Waals surface area contributed by atoms with Gasteiger partial charge in [-0.15, -0.1) is 0 Å². The number of hydrogen-bond acceptors (Lipinski definition) is 2. The molecule has 0 N–H and O–H groups in total. The fraction of sp³-hybridized carbons (Fsp3) is 0.0400. The highest BCUT2D eigenvalue weighted by Gasteiger charge is 2.14. The molecule has 140 valence electrons. The minimum absolute atomic E-state index is 0.128. The molecule has 3 nitrogen and oxygen atoms in total. The zero-order valence-electron chi connectivity index (χ0n) is 15.5. The molecule has 4 rings (SSSR count). The molecule has 1 heterocycles. The molecule has 0 bridgehead atoms. The average Bonchev–Trinajstić information content (AvgIpc) is 3.11. The van der Waals surface area contributed by atoms with Gasteiger partial charge < -0.3 is 4.57 Å². The van der Waals surface area contributed by atoms with Crippen molar-refractivity contribution in [2.45, 2.75) is 6.54 Å². The molecule has 0 aliphatic heterocycles. The van der Waals surface area contributed by atoms with Crippen LogP contribution in [0.25, 0.3) is 17.0 Å². The lowest BCUT2D eigenvalue weighted by molar-refractivity contribution is 0.104. The largest absolute Gasteiger partial charge is 0.342 e. The zero-order chi connectivity index (χ0) is 20.2. The fourth-order valence-corrected chi connectivity index (χ4v) is 3.62. The van der Waals surface area contributed by atoms with Crippen LogP contribution in [-0.4, -0.2) is 10.4 Å². The average molecular weight is 441 g/mol. The normalized spacial score (nSPS) is 11.4. The molecule has 0 saturated heterocycles. The van der Waals surface area contributed by atoms with Crippen LogP contribution in [0.1, 0.15) is 21.5 Å². The third-order valence-corrected chi connectivity index (χ3v) is 5.32. The van der Waals surface area contributed by atoms with Crippen LogP contribution in [-0.2, 0) is 6.54 Å². The number of Topliss-reactive ketones (excluding diaryl/α,β-unsaturated/α-hetero) is 1. The van der Waals surface area contributed by atoms with Crippen molar-refractivity contribution >= 4 is 38.7 Å². The first-order valence-corrected chi connectivity index (χ1v) is 9.99. The van der Waals surface area contributed by atoms with Gasteiger partial charge in [0.05, 0.1) is 0 Å². The molecular weight excluding hydrogens is 424 g/mol. The Kier molecular flexibility index (Phi) is 5.41. The molecule has 4 aromatic rings. The molecule has 29 heavy (non-hydrogen) atoms. The number of halogens is 1. The van der Waals surface area contributed by atoms with Gasteiger partial charge in [-0.2, -0.15) is 5.26 Å². The standard InChI is InChI=1S/C25H17BrN2O/c26-22-12-10-18(11-13-22)16-28-17-21(23-8-4-5-9-24(23)28)14-20(15-27)25(29)19-6-2-1-3-7-19/h1-14,17H,16H2/b20-14+. The van der Waals surface area contributed by atoms with Gasteiger partial charge in [-0.3, -0.25) is 4.79 Å². The van der Waals surface area contributed by atoms with Crippen LogP contribution < -0.4 is 0 Å². The van der Waals surface area contributed by atoms with Crippen molar-refractivity contribution in [3.63, 3.8) is 0 Å². The Balaban J connectivity index is 1.75. The lowest BCUT2D eigenvalue weighted by Crippen LogP contribution is -2.01. The molecule has 0 amide bonds. The number of nitrogens with zero attached hydrogens (tertiary/aromatic N) is 2. The van der Waals surface area contributed by atoms with E-state index in [9.17, 15) is 10.1 Å². The van der Waals surface area contributed by atoms with Gasteiger partial charge in [0, 0.05) is 39.2 Å².